The highest BCUT2D eigenvalue weighted by Crippen LogP contribution is 2.60. The van der Waals surface area contributed by atoms with Crippen molar-refractivity contribution >= 4 is 21.6 Å². The quantitative estimate of drug-likeness (QED) is 0.795. The molecule has 158 valence electrons. The maximum atomic E-state index is 13.4. The van der Waals surface area contributed by atoms with E-state index in [4.69, 9.17) is 0 Å². The van der Waals surface area contributed by atoms with E-state index in [9.17, 15) is 13.2 Å². The molecular weight excluding hydrogens is 384 g/mol. The van der Waals surface area contributed by atoms with Crippen LogP contribution in [0.2, 0.25) is 0 Å². The highest BCUT2D eigenvalue weighted by Gasteiger charge is 2.54. The Hall–Kier alpha value is -1.40. The van der Waals surface area contributed by atoms with Gasteiger partial charge < -0.3 is 5.32 Å². The molecule has 1 aliphatic heterocycles. The van der Waals surface area contributed by atoms with Crippen molar-refractivity contribution in [1.29, 1.82) is 0 Å². The van der Waals surface area contributed by atoms with Gasteiger partial charge in [-0.25, -0.2) is 8.42 Å². The van der Waals surface area contributed by atoms with Crippen LogP contribution >= 0.6 is 0 Å². The third-order valence-electron chi connectivity index (χ3n) is 7.93. The molecule has 1 aromatic rings. The summed E-state index contributed by atoms with van der Waals surface area (Å²) < 4.78 is 27.7. The van der Waals surface area contributed by atoms with Crippen molar-refractivity contribution in [2.75, 3.05) is 18.4 Å². The first-order chi connectivity index (χ1) is 13.9. The van der Waals surface area contributed by atoms with Crippen LogP contribution in [0.25, 0.3) is 0 Å². The Kier molecular flexibility index (Phi) is 4.78. The molecule has 29 heavy (non-hydrogen) atoms. The number of aryl methyl sites for hydroxylation is 1. The largest absolute Gasteiger partial charge is 0.325 e. The molecule has 4 aliphatic carbocycles. The average Bonchev–Trinajstić information content (AvgIpc) is 2.69. The van der Waals surface area contributed by atoms with Crippen LogP contribution in [0, 0.1) is 30.1 Å². The SMILES string of the molecule is Cc1ccc(S(=O)(=O)N2CCCCC2)cc1NC(=O)C12CC3CC(CC(C3)C1)C2. The number of amides is 1. The van der Waals surface area contributed by atoms with Gasteiger partial charge in [-0.05, 0) is 93.7 Å². The third-order valence-corrected chi connectivity index (χ3v) is 9.82. The number of piperidine rings is 1. The van der Waals surface area contributed by atoms with Crippen molar-refractivity contribution in [3.8, 4) is 0 Å². The predicted octanol–water partition coefficient (Wildman–Crippen LogP) is 4.32. The van der Waals surface area contributed by atoms with Crippen molar-refractivity contribution in [3.63, 3.8) is 0 Å². The van der Waals surface area contributed by atoms with Gasteiger partial charge in [-0.15, -0.1) is 0 Å². The molecule has 0 atom stereocenters. The van der Waals surface area contributed by atoms with E-state index >= 15 is 0 Å². The van der Waals surface area contributed by atoms with Gasteiger partial charge in [-0.1, -0.05) is 12.5 Å². The lowest BCUT2D eigenvalue weighted by Crippen LogP contribution is -2.51. The molecule has 4 bridgehead atoms. The molecule has 5 aliphatic rings. The summed E-state index contributed by atoms with van der Waals surface area (Å²) in [6, 6.07) is 5.18. The monoisotopic (exact) mass is 416 g/mol. The number of carbonyl (C=O) groups is 1. The number of anilines is 1. The zero-order chi connectivity index (χ0) is 20.2. The number of nitrogens with zero attached hydrogens (tertiary/aromatic N) is 1. The molecule has 0 aromatic heterocycles. The molecule has 5 fully saturated rings. The average molecular weight is 417 g/mol. The molecule has 0 spiro atoms. The van der Waals surface area contributed by atoms with Crippen molar-refractivity contribution in [2.24, 2.45) is 23.2 Å². The Balaban J connectivity index is 1.39. The maximum absolute atomic E-state index is 13.4. The van der Waals surface area contributed by atoms with Gasteiger partial charge in [-0.2, -0.15) is 4.31 Å². The van der Waals surface area contributed by atoms with E-state index in [0.29, 0.717) is 41.4 Å². The van der Waals surface area contributed by atoms with Gasteiger partial charge in [0.25, 0.3) is 0 Å². The number of hydrogen-bond acceptors (Lipinski definition) is 3. The van der Waals surface area contributed by atoms with Gasteiger partial charge in [0.1, 0.15) is 0 Å². The summed E-state index contributed by atoms with van der Waals surface area (Å²) in [4.78, 5) is 13.7. The summed E-state index contributed by atoms with van der Waals surface area (Å²) in [6.07, 6.45) is 9.86. The van der Waals surface area contributed by atoms with Crippen LogP contribution < -0.4 is 5.32 Å². The van der Waals surface area contributed by atoms with Crippen LogP contribution in [0.15, 0.2) is 23.1 Å². The van der Waals surface area contributed by atoms with E-state index in [-0.39, 0.29) is 11.3 Å². The minimum atomic E-state index is -3.50. The summed E-state index contributed by atoms with van der Waals surface area (Å²) in [5.41, 5.74) is 1.34. The second-order valence-corrected chi connectivity index (χ2v) is 12.0. The van der Waals surface area contributed by atoms with Crippen molar-refractivity contribution in [1.82, 2.24) is 4.31 Å². The number of nitrogens with one attached hydrogen (secondary N) is 1. The second kappa shape index (κ2) is 7.09. The van der Waals surface area contributed by atoms with E-state index in [0.717, 1.165) is 44.1 Å². The molecule has 1 saturated heterocycles. The van der Waals surface area contributed by atoms with Crippen molar-refractivity contribution in [3.05, 3.63) is 23.8 Å². The number of sulfonamides is 1. The minimum Gasteiger partial charge on any atom is -0.325 e. The van der Waals surface area contributed by atoms with Crippen molar-refractivity contribution < 1.29 is 13.2 Å². The first kappa shape index (κ1) is 19.6. The van der Waals surface area contributed by atoms with E-state index in [1.807, 2.05) is 13.0 Å². The van der Waals surface area contributed by atoms with Crippen molar-refractivity contribution in [2.45, 2.75) is 69.6 Å². The number of benzene rings is 1. The fourth-order valence-corrected chi connectivity index (χ4v) is 8.34. The first-order valence-corrected chi connectivity index (χ1v) is 12.7. The highest BCUT2D eigenvalue weighted by molar-refractivity contribution is 7.89. The molecule has 6 heteroatoms. The van der Waals surface area contributed by atoms with Crippen LogP contribution in [-0.4, -0.2) is 31.7 Å². The molecule has 1 heterocycles. The lowest BCUT2D eigenvalue weighted by Gasteiger charge is -2.55. The lowest BCUT2D eigenvalue weighted by molar-refractivity contribution is -0.140. The molecule has 0 unspecified atom stereocenters. The molecule has 5 nitrogen and oxygen atoms in total. The predicted molar refractivity (Wildman–Crippen MR) is 113 cm³/mol. The Morgan fingerprint density at radius 1 is 1.00 bits per heavy atom. The normalized spacial score (nSPS) is 34.3. The summed E-state index contributed by atoms with van der Waals surface area (Å²) in [5, 5.41) is 3.16. The lowest BCUT2D eigenvalue weighted by atomic mass is 9.49. The standard InChI is InChI=1S/C23H32N2O3S/c1-16-5-6-20(29(27,28)25-7-3-2-4-8-25)12-21(16)24-22(26)23-13-17-9-18(14-23)11-19(10-17)15-23/h5-6,12,17-19H,2-4,7-11,13-15H2,1H3,(H,24,26). The minimum absolute atomic E-state index is 0.118. The van der Waals surface area contributed by atoms with Gasteiger partial charge >= 0.3 is 0 Å². The molecule has 4 saturated carbocycles. The fraction of sp³-hybridized carbons (Fsp3) is 0.696. The van der Waals surface area contributed by atoms with Gasteiger partial charge in [0.15, 0.2) is 0 Å². The van der Waals surface area contributed by atoms with Crippen LogP contribution in [0.3, 0.4) is 0 Å². The van der Waals surface area contributed by atoms with E-state index < -0.39 is 10.0 Å². The Morgan fingerprint density at radius 2 is 1.59 bits per heavy atom. The molecule has 0 radical (unpaired) electrons. The molecule has 6 rings (SSSR count). The van der Waals surface area contributed by atoms with Gasteiger partial charge in [0.2, 0.25) is 15.9 Å². The van der Waals surface area contributed by atoms with E-state index in [2.05, 4.69) is 5.32 Å². The first-order valence-electron chi connectivity index (χ1n) is 11.3. The molecule has 1 aromatic carbocycles. The van der Waals surface area contributed by atoms with Crippen LogP contribution in [0.5, 0.6) is 0 Å². The fourth-order valence-electron chi connectivity index (χ4n) is 6.79. The number of hydrogen-bond donors (Lipinski definition) is 1. The smallest absolute Gasteiger partial charge is 0.243 e. The van der Waals surface area contributed by atoms with Gasteiger partial charge in [0.05, 0.1) is 10.3 Å². The zero-order valence-electron chi connectivity index (χ0n) is 17.3. The maximum Gasteiger partial charge on any atom is 0.243 e. The van der Waals surface area contributed by atoms with E-state index in [1.54, 1.807) is 16.4 Å². The third kappa shape index (κ3) is 3.42. The highest BCUT2D eigenvalue weighted by atomic mass is 32.2. The second-order valence-electron chi connectivity index (χ2n) is 10.1. The van der Waals surface area contributed by atoms with Gasteiger partial charge in [0, 0.05) is 18.8 Å². The Morgan fingerprint density at radius 3 is 2.17 bits per heavy atom. The summed E-state index contributed by atoms with van der Waals surface area (Å²) >= 11 is 0. The molecule has 1 amide bonds. The zero-order valence-corrected chi connectivity index (χ0v) is 18.1. The summed E-state index contributed by atoms with van der Waals surface area (Å²) in [5.74, 6) is 2.24. The topological polar surface area (TPSA) is 66.5 Å². The van der Waals surface area contributed by atoms with E-state index in [1.165, 1.54) is 19.3 Å². The molecule has 1 N–H and O–H groups in total. The van der Waals surface area contributed by atoms with Gasteiger partial charge in [-0.3, -0.25) is 4.79 Å². The van der Waals surface area contributed by atoms with Crippen LogP contribution in [-0.2, 0) is 14.8 Å². The summed E-state index contributed by atoms with van der Waals surface area (Å²) in [6.45, 7) is 3.11. The Bertz CT molecular complexity index is 883. The number of rotatable bonds is 4. The summed E-state index contributed by atoms with van der Waals surface area (Å²) in [7, 11) is -3.50. The van der Waals surface area contributed by atoms with Crippen LogP contribution in [0.1, 0.15) is 63.4 Å². The number of carbonyl (C=O) groups excluding carboxylic acids is 1. The Labute approximate surface area is 174 Å². The molecular formula is C23H32N2O3S. The van der Waals surface area contributed by atoms with Crippen LogP contribution in [0.4, 0.5) is 5.69 Å².